The van der Waals surface area contributed by atoms with Crippen LogP contribution in [0.25, 0.3) is 10.9 Å². The van der Waals surface area contributed by atoms with E-state index in [1.54, 1.807) is 25.4 Å². The maximum Gasteiger partial charge on any atom is 0.357 e. The predicted molar refractivity (Wildman–Crippen MR) is 134 cm³/mol. The number of carbonyl (C=O) groups excluding carboxylic acids is 1. The molecule has 0 aliphatic rings. The van der Waals surface area contributed by atoms with E-state index in [0.29, 0.717) is 23.6 Å². The first kappa shape index (κ1) is 24.0. The van der Waals surface area contributed by atoms with Crippen LogP contribution in [-0.2, 0) is 17.7 Å². The first-order valence-electron chi connectivity index (χ1n) is 11.3. The minimum atomic E-state index is -0.457. The number of aromatic nitrogens is 2. The minimum Gasteiger partial charge on any atom is -0.461 e. The Morgan fingerprint density at radius 3 is 2.61 bits per heavy atom. The molecule has 0 bridgehead atoms. The summed E-state index contributed by atoms with van der Waals surface area (Å²) < 4.78 is 21.9. The third-order valence-corrected chi connectivity index (χ3v) is 5.18. The van der Waals surface area contributed by atoms with Gasteiger partial charge in [0.1, 0.15) is 5.82 Å². The molecule has 0 saturated heterocycles. The highest BCUT2D eigenvalue weighted by Crippen LogP contribution is 2.34. The summed E-state index contributed by atoms with van der Waals surface area (Å²) in [7, 11) is 0. The molecular formula is C27H32FN3O2. The second kappa shape index (κ2) is 11.3. The van der Waals surface area contributed by atoms with Crippen molar-refractivity contribution >= 4 is 28.2 Å². The number of aryl methyl sites for hydroxylation is 3. The van der Waals surface area contributed by atoms with Crippen LogP contribution in [0.2, 0.25) is 0 Å². The third kappa shape index (κ3) is 5.40. The number of pyridine rings is 1. The summed E-state index contributed by atoms with van der Waals surface area (Å²) in [6.07, 6.45) is 4.11. The Bertz CT molecular complexity index is 1230. The number of benzene rings is 2. The van der Waals surface area contributed by atoms with E-state index in [1.807, 2.05) is 55.7 Å². The van der Waals surface area contributed by atoms with Gasteiger partial charge >= 0.3 is 5.97 Å². The summed E-state index contributed by atoms with van der Waals surface area (Å²) in [5.41, 5.74) is 3.97. The maximum atomic E-state index is 14.6. The van der Waals surface area contributed by atoms with Gasteiger partial charge in [0.05, 0.1) is 23.5 Å². The lowest BCUT2D eigenvalue weighted by molar-refractivity contribution is 0.0515. The second-order valence-electron chi connectivity index (χ2n) is 7.33. The average Bonchev–Trinajstić information content (AvgIpc) is 3.15. The van der Waals surface area contributed by atoms with Crippen molar-refractivity contribution in [1.29, 1.82) is 0 Å². The molecule has 0 atom stereocenters. The van der Waals surface area contributed by atoms with Crippen LogP contribution in [0, 0.1) is 12.7 Å². The predicted octanol–water partition coefficient (Wildman–Crippen LogP) is 6.92. The van der Waals surface area contributed by atoms with Crippen LogP contribution in [0.1, 0.15) is 43.8 Å². The third-order valence-electron chi connectivity index (χ3n) is 5.18. The molecule has 6 heteroatoms. The molecule has 4 rings (SSSR count). The fourth-order valence-corrected chi connectivity index (χ4v) is 3.71. The zero-order chi connectivity index (χ0) is 23.8. The SMILES string of the molecule is CC.CCOC(=O)c1c(Nc2ccc(C)cc2F)c2cnccc2n1CCc1ccccc1.[HH]. The molecule has 0 aliphatic carbocycles. The van der Waals surface area contributed by atoms with Crippen molar-refractivity contribution in [2.75, 3.05) is 11.9 Å². The molecule has 0 radical (unpaired) electrons. The number of nitrogens with one attached hydrogen (secondary N) is 1. The number of fused-ring (bicyclic) bond motifs is 1. The average molecular weight is 450 g/mol. The number of hydrogen-bond acceptors (Lipinski definition) is 4. The molecule has 0 amide bonds. The molecule has 0 unspecified atom stereocenters. The van der Waals surface area contributed by atoms with Crippen LogP contribution < -0.4 is 5.32 Å². The number of ether oxygens (including phenoxy) is 1. The summed E-state index contributed by atoms with van der Waals surface area (Å²) in [4.78, 5) is 17.2. The summed E-state index contributed by atoms with van der Waals surface area (Å²) in [5, 5.41) is 3.87. The number of anilines is 2. The summed E-state index contributed by atoms with van der Waals surface area (Å²) in [6, 6.07) is 16.9. The zero-order valence-corrected chi connectivity index (χ0v) is 19.6. The van der Waals surface area contributed by atoms with E-state index in [0.717, 1.165) is 28.5 Å². The lowest BCUT2D eigenvalue weighted by Gasteiger charge is -2.13. The van der Waals surface area contributed by atoms with Crippen molar-refractivity contribution in [3.05, 3.63) is 89.6 Å². The molecule has 33 heavy (non-hydrogen) atoms. The van der Waals surface area contributed by atoms with Gasteiger partial charge in [0.15, 0.2) is 5.69 Å². The number of carbonyl (C=O) groups is 1. The van der Waals surface area contributed by atoms with Crippen LogP contribution in [0.3, 0.4) is 0 Å². The van der Waals surface area contributed by atoms with Gasteiger partial charge in [-0.1, -0.05) is 50.2 Å². The molecule has 0 spiro atoms. The lowest BCUT2D eigenvalue weighted by Crippen LogP contribution is -2.15. The normalized spacial score (nSPS) is 10.5. The fraction of sp³-hybridized carbons (Fsp3) is 0.259. The number of esters is 1. The number of rotatable bonds is 7. The summed E-state index contributed by atoms with van der Waals surface area (Å²) >= 11 is 0. The highest BCUT2D eigenvalue weighted by molar-refractivity contribution is 6.07. The van der Waals surface area contributed by atoms with E-state index in [1.165, 1.54) is 6.07 Å². The van der Waals surface area contributed by atoms with Gasteiger partial charge in [-0.25, -0.2) is 9.18 Å². The monoisotopic (exact) mass is 449 g/mol. The minimum absolute atomic E-state index is 0. The molecule has 1 N–H and O–H groups in total. The van der Waals surface area contributed by atoms with Gasteiger partial charge in [-0.3, -0.25) is 4.98 Å². The zero-order valence-electron chi connectivity index (χ0n) is 19.6. The molecule has 2 aromatic heterocycles. The molecule has 0 fully saturated rings. The largest absolute Gasteiger partial charge is 0.461 e. The molecule has 2 aromatic carbocycles. The van der Waals surface area contributed by atoms with Crippen LogP contribution in [0.15, 0.2) is 67.0 Å². The molecular weight excluding hydrogens is 417 g/mol. The highest BCUT2D eigenvalue weighted by atomic mass is 19.1. The summed E-state index contributed by atoms with van der Waals surface area (Å²) in [5.74, 6) is -0.842. The molecule has 0 aliphatic heterocycles. The highest BCUT2D eigenvalue weighted by Gasteiger charge is 2.25. The second-order valence-corrected chi connectivity index (χ2v) is 7.33. The van der Waals surface area contributed by atoms with Gasteiger partial charge < -0.3 is 14.6 Å². The fourth-order valence-electron chi connectivity index (χ4n) is 3.71. The summed E-state index contributed by atoms with van der Waals surface area (Å²) in [6.45, 7) is 8.41. The van der Waals surface area contributed by atoms with Gasteiger partial charge in [-0.05, 0) is 49.6 Å². The smallest absolute Gasteiger partial charge is 0.357 e. The van der Waals surface area contributed by atoms with Gasteiger partial charge in [-0.2, -0.15) is 0 Å². The Labute approximate surface area is 195 Å². The maximum absolute atomic E-state index is 14.6. The molecule has 2 heterocycles. The Kier molecular flexibility index (Phi) is 8.19. The van der Waals surface area contributed by atoms with Gasteiger partial charge in [-0.15, -0.1) is 0 Å². The Morgan fingerprint density at radius 1 is 1.15 bits per heavy atom. The van der Waals surface area contributed by atoms with E-state index in [9.17, 15) is 9.18 Å². The standard InChI is InChI=1S/C25H24FN3O2.C2H6.H2/c1-3-31-25(30)24-23(28-21-10-9-17(2)15-20(21)26)19-16-27-13-11-22(19)29(24)14-12-18-7-5-4-6-8-18;1-2;/h4-11,13,15-16,28H,3,12,14H2,1-2H3;1-2H3;1H. The number of nitrogens with zero attached hydrogens (tertiary/aromatic N) is 2. The number of hydrogen-bond donors (Lipinski definition) is 1. The Hall–Kier alpha value is -3.67. The molecule has 4 aromatic rings. The van der Waals surface area contributed by atoms with Crippen LogP contribution in [-0.4, -0.2) is 22.1 Å². The Balaban J connectivity index is 0.00000133. The van der Waals surface area contributed by atoms with Crippen LogP contribution in [0.4, 0.5) is 15.8 Å². The van der Waals surface area contributed by atoms with E-state index >= 15 is 0 Å². The van der Waals surface area contributed by atoms with Crippen LogP contribution >= 0.6 is 0 Å². The molecule has 0 saturated carbocycles. The van der Waals surface area contributed by atoms with E-state index < -0.39 is 5.97 Å². The number of halogens is 1. The van der Waals surface area contributed by atoms with Crippen molar-refractivity contribution in [2.24, 2.45) is 0 Å². The van der Waals surface area contributed by atoms with Crippen molar-refractivity contribution in [1.82, 2.24) is 9.55 Å². The van der Waals surface area contributed by atoms with E-state index in [2.05, 4.69) is 22.4 Å². The van der Waals surface area contributed by atoms with Gasteiger partial charge in [0.25, 0.3) is 0 Å². The quantitative estimate of drug-likeness (QED) is 0.311. The van der Waals surface area contributed by atoms with E-state index in [4.69, 9.17) is 4.74 Å². The molecule has 174 valence electrons. The van der Waals surface area contributed by atoms with Crippen LogP contribution in [0.5, 0.6) is 0 Å². The Morgan fingerprint density at radius 2 is 1.91 bits per heavy atom. The van der Waals surface area contributed by atoms with E-state index in [-0.39, 0.29) is 13.9 Å². The lowest BCUT2D eigenvalue weighted by atomic mass is 10.1. The van der Waals surface area contributed by atoms with Crippen molar-refractivity contribution in [2.45, 2.75) is 40.7 Å². The van der Waals surface area contributed by atoms with Gasteiger partial charge in [0.2, 0.25) is 0 Å². The first-order valence-corrected chi connectivity index (χ1v) is 11.3. The van der Waals surface area contributed by atoms with Gasteiger partial charge in [0, 0.05) is 25.8 Å². The van der Waals surface area contributed by atoms with Crippen molar-refractivity contribution < 1.29 is 15.3 Å². The topological polar surface area (TPSA) is 56.1 Å². The van der Waals surface area contributed by atoms with Crippen molar-refractivity contribution in [3.8, 4) is 0 Å². The van der Waals surface area contributed by atoms with Crippen molar-refractivity contribution in [3.63, 3.8) is 0 Å². The first-order chi connectivity index (χ1) is 16.1. The molecule has 5 nitrogen and oxygen atoms in total.